The molecule has 0 aliphatic heterocycles. The maximum Gasteiger partial charge on any atom is 0.335 e. The smallest absolute Gasteiger partial charge is 0.335 e. The molecule has 138 valence electrons. The van der Waals surface area contributed by atoms with Gasteiger partial charge >= 0.3 is 5.97 Å². The maximum absolute atomic E-state index is 12.9. The number of fused-ring (bicyclic) bond motifs is 1. The highest BCUT2D eigenvalue weighted by Crippen LogP contribution is 2.21. The number of rotatable bonds is 6. The Bertz CT molecular complexity index is 1080. The summed E-state index contributed by atoms with van der Waals surface area (Å²) in [6, 6.07) is 11.9. The van der Waals surface area contributed by atoms with E-state index >= 15 is 0 Å². The van der Waals surface area contributed by atoms with Gasteiger partial charge in [0, 0.05) is 5.56 Å². The molecule has 0 aliphatic rings. The Morgan fingerprint density at radius 2 is 2.00 bits per heavy atom. The van der Waals surface area contributed by atoms with Crippen LogP contribution in [0, 0.1) is 0 Å². The molecule has 0 spiro atoms. The lowest BCUT2D eigenvalue weighted by Crippen LogP contribution is -2.12. The molecule has 0 amide bonds. The van der Waals surface area contributed by atoms with Crippen molar-refractivity contribution in [3.8, 4) is 5.75 Å². The maximum atomic E-state index is 12.9. The number of hydrogen-bond acceptors (Lipinski definition) is 4. The van der Waals surface area contributed by atoms with Crippen molar-refractivity contribution in [3.05, 3.63) is 75.1 Å². The lowest BCUT2D eigenvalue weighted by molar-refractivity contribution is 0.0697. The Balaban J connectivity index is 2.12. The van der Waals surface area contributed by atoms with Gasteiger partial charge in [-0.1, -0.05) is 31.6 Å². The van der Waals surface area contributed by atoms with E-state index in [1.807, 2.05) is 37.3 Å². The van der Waals surface area contributed by atoms with E-state index in [2.05, 4.69) is 0 Å². The first kappa shape index (κ1) is 18.5. The Hall–Kier alpha value is -3.34. The van der Waals surface area contributed by atoms with Crippen LogP contribution in [0.2, 0.25) is 0 Å². The molecule has 1 N–H and O–H groups in total. The van der Waals surface area contributed by atoms with Gasteiger partial charge in [0.15, 0.2) is 5.43 Å². The minimum atomic E-state index is -1.07. The fourth-order valence-electron chi connectivity index (χ4n) is 2.92. The van der Waals surface area contributed by atoms with Crippen LogP contribution in [0.5, 0.6) is 5.75 Å². The van der Waals surface area contributed by atoms with E-state index in [-0.39, 0.29) is 16.4 Å². The topological polar surface area (TPSA) is 76.7 Å². The lowest BCUT2D eigenvalue weighted by Gasteiger charge is -2.07. The van der Waals surface area contributed by atoms with Crippen molar-refractivity contribution in [3.63, 3.8) is 0 Å². The van der Waals surface area contributed by atoms with E-state index in [4.69, 9.17) is 14.3 Å². The summed E-state index contributed by atoms with van der Waals surface area (Å²) in [7, 11) is 1.61. The van der Waals surface area contributed by atoms with Crippen molar-refractivity contribution in [2.45, 2.75) is 19.8 Å². The van der Waals surface area contributed by atoms with Gasteiger partial charge in [-0.3, -0.25) is 4.79 Å². The summed E-state index contributed by atoms with van der Waals surface area (Å²) < 4.78 is 11.1. The zero-order chi connectivity index (χ0) is 19.4. The zero-order valence-electron chi connectivity index (χ0n) is 15.2. The average Bonchev–Trinajstić information content (AvgIpc) is 2.68. The van der Waals surface area contributed by atoms with Crippen molar-refractivity contribution in [1.29, 1.82) is 0 Å². The Labute approximate surface area is 156 Å². The minimum absolute atomic E-state index is 0.0666. The van der Waals surface area contributed by atoms with Crippen LogP contribution in [0.25, 0.3) is 23.1 Å². The molecular formula is C22H20O5. The van der Waals surface area contributed by atoms with Crippen LogP contribution in [-0.2, 0) is 6.42 Å². The highest BCUT2D eigenvalue weighted by atomic mass is 16.5. The third-order valence-electron chi connectivity index (χ3n) is 4.28. The normalized spacial score (nSPS) is 11.2. The third kappa shape index (κ3) is 3.92. The predicted molar refractivity (Wildman–Crippen MR) is 105 cm³/mol. The molecule has 0 unspecified atom stereocenters. The number of methoxy groups -OCH3 is 1. The second-order valence-corrected chi connectivity index (χ2v) is 6.15. The first-order chi connectivity index (χ1) is 13.0. The highest BCUT2D eigenvalue weighted by Gasteiger charge is 2.14. The molecule has 0 aliphatic carbocycles. The lowest BCUT2D eigenvalue weighted by atomic mass is 10.0. The predicted octanol–water partition coefficient (Wildman–Crippen LogP) is 4.62. The van der Waals surface area contributed by atoms with Crippen molar-refractivity contribution < 1.29 is 19.1 Å². The van der Waals surface area contributed by atoms with Gasteiger partial charge in [-0.2, -0.15) is 0 Å². The molecule has 0 saturated carbocycles. The van der Waals surface area contributed by atoms with Crippen molar-refractivity contribution in [2.24, 2.45) is 0 Å². The molecular weight excluding hydrogens is 344 g/mol. The number of carboxylic acid groups (broad SMARTS) is 1. The van der Waals surface area contributed by atoms with E-state index in [1.165, 1.54) is 18.2 Å². The van der Waals surface area contributed by atoms with Crippen LogP contribution in [-0.4, -0.2) is 18.2 Å². The summed E-state index contributed by atoms with van der Waals surface area (Å²) in [4.78, 5) is 24.1. The average molecular weight is 364 g/mol. The van der Waals surface area contributed by atoms with Crippen LogP contribution < -0.4 is 10.2 Å². The van der Waals surface area contributed by atoms with E-state index < -0.39 is 5.97 Å². The van der Waals surface area contributed by atoms with Crippen molar-refractivity contribution in [1.82, 2.24) is 0 Å². The number of carboxylic acids is 1. The van der Waals surface area contributed by atoms with E-state index in [0.717, 1.165) is 17.7 Å². The number of aromatic carboxylic acids is 1. The van der Waals surface area contributed by atoms with Crippen molar-refractivity contribution in [2.75, 3.05) is 7.11 Å². The first-order valence-corrected chi connectivity index (χ1v) is 8.68. The van der Waals surface area contributed by atoms with Crippen LogP contribution in [0.15, 0.2) is 51.7 Å². The summed E-state index contributed by atoms with van der Waals surface area (Å²) in [5.74, 6) is 0.155. The fraction of sp³-hybridized carbons (Fsp3) is 0.182. The largest absolute Gasteiger partial charge is 0.497 e. The molecule has 0 radical (unpaired) electrons. The summed E-state index contributed by atoms with van der Waals surface area (Å²) in [6.07, 6.45) is 4.95. The zero-order valence-corrected chi connectivity index (χ0v) is 15.2. The minimum Gasteiger partial charge on any atom is -0.497 e. The van der Waals surface area contributed by atoms with Crippen LogP contribution in [0.1, 0.15) is 40.6 Å². The fourth-order valence-corrected chi connectivity index (χ4v) is 2.92. The third-order valence-corrected chi connectivity index (χ3v) is 4.28. The van der Waals surface area contributed by atoms with Crippen LogP contribution >= 0.6 is 0 Å². The number of carbonyl (C=O) groups is 1. The summed E-state index contributed by atoms with van der Waals surface area (Å²) in [6.45, 7) is 1.98. The molecule has 5 heteroatoms. The van der Waals surface area contributed by atoms with Gasteiger partial charge in [-0.05, 0) is 48.4 Å². The van der Waals surface area contributed by atoms with E-state index in [0.29, 0.717) is 23.3 Å². The summed E-state index contributed by atoms with van der Waals surface area (Å²) in [5, 5.41) is 9.45. The summed E-state index contributed by atoms with van der Waals surface area (Å²) in [5.41, 5.74) is 1.71. The van der Waals surface area contributed by atoms with Gasteiger partial charge in [0.25, 0.3) is 0 Å². The van der Waals surface area contributed by atoms with Crippen molar-refractivity contribution >= 4 is 29.1 Å². The molecule has 3 rings (SSSR count). The molecule has 1 heterocycles. The number of benzene rings is 2. The SMILES string of the molecule is CCCc1c(C=Cc2cccc(OC)c2)oc2ccc(C(=O)O)cc2c1=O. The highest BCUT2D eigenvalue weighted by molar-refractivity contribution is 5.93. The molecule has 0 bridgehead atoms. The van der Waals surface area contributed by atoms with Gasteiger partial charge in [-0.15, -0.1) is 0 Å². The molecule has 27 heavy (non-hydrogen) atoms. The molecule has 0 fully saturated rings. The summed E-state index contributed by atoms with van der Waals surface area (Å²) >= 11 is 0. The first-order valence-electron chi connectivity index (χ1n) is 8.68. The number of ether oxygens (including phenoxy) is 1. The van der Waals surface area contributed by atoms with Gasteiger partial charge in [0.05, 0.1) is 18.1 Å². The molecule has 0 atom stereocenters. The van der Waals surface area contributed by atoms with E-state index in [9.17, 15) is 9.59 Å². The molecule has 1 aromatic heterocycles. The number of hydrogen-bond donors (Lipinski definition) is 1. The van der Waals surface area contributed by atoms with E-state index in [1.54, 1.807) is 13.2 Å². The van der Waals surface area contributed by atoms with Gasteiger partial charge in [0.2, 0.25) is 0 Å². The molecule has 5 nitrogen and oxygen atoms in total. The van der Waals surface area contributed by atoms with Crippen LogP contribution in [0.4, 0.5) is 0 Å². The van der Waals surface area contributed by atoms with Gasteiger partial charge in [-0.25, -0.2) is 4.79 Å². The second kappa shape index (κ2) is 7.91. The van der Waals surface area contributed by atoms with Gasteiger partial charge in [0.1, 0.15) is 17.1 Å². The van der Waals surface area contributed by atoms with Crippen LogP contribution in [0.3, 0.4) is 0 Å². The Morgan fingerprint density at radius 3 is 2.70 bits per heavy atom. The molecule has 0 saturated heterocycles. The Morgan fingerprint density at radius 1 is 1.19 bits per heavy atom. The quantitative estimate of drug-likeness (QED) is 0.690. The molecule has 2 aromatic carbocycles. The molecule has 3 aromatic rings. The van der Waals surface area contributed by atoms with Gasteiger partial charge < -0.3 is 14.3 Å². The monoisotopic (exact) mass is 364 g/mol. The second-order valence-electron chi connectivity index (χ2n) is 6.15. The Kier molecular flexibility index (Phi) is 5.41. The standard InChI is InChI=1S/C22H20O5/c1-3-5-17-19(10-8-14-6-4-7-16(12-14)26-2)27-20-11-9-15(22(24)25)13-18(20)21(17)23/h4,6-13H,3,5H2,1-2H3,(H,24,25).